The molecule has 1 heterocycles. The minimum absolute atomic E-state index is 0.0976. The Balaban J connectivity index is 0.00000155. The number of anilines is 1. The van der Waals surface area contributed by atoms with Crippen LogP contribution in [-0.4, -0.2) is 33.4 Å². The Bertz CT molecular complexity index is 986. The van der Waals surface area contributed by atoms with Crippen molar-refractivity contribution >= 4 is 18.9 Å². The van der Waals surface area contributed by atoms with E-state index in [1.54, 1.807) is 14.1 Å². The molecule has 30 heavy (non-hydrogen) atoms. The van der Waals surface area contributed by atoms with Crippen LogP contribution < -0.4 is 4.90 Å². The van der Waals surface area contributed by atoms with Gasteiger partial charge in [-0.05, 0) is 60.1 Å². The summed E-state index contributed by atoms with van der Waals surface area (Å²) in [6.07, 6.45) is -4.61. The van der Waals surface area contributed by atoms with E-state index in [4.69, 9.17) is 4.55 Å². The molecule has 5 nitrogen and oxygen atoms in total. The lowest BCUT2D eigenvalue weighted by Gasteiger charge is -2.20. The van der Waals surface area contributed by atoms with Crippen LogP contribution in [0.15, 0.2) is 36.4 Å². The summed E-state index contributed by atoms with van der Waals surface area (Å²) in [7, 11) is 3.30. The average Bonchev–Trinajstić information content (AvgIpc) is 3.16. The Hall–Kier alpha value is -2.52. The van der Waals surface area contributed by atoms with Gasteiger partial charge in [-0.2, -0.15) is 22.8 Å². The number of alkyl halides is 3. The van der Waals surface area contributed by atoms with Crippen molar-refractivity contribution in [2.24, 2.45) is 0 Å². The smallest absolute Gasteiger partial charge is 0.347 e. The molecular formula is C21H24F3N4OS. The summed E-state index contributed by atoms with van der Waals surface area (Å²) in [5.41, 5.74) is 4.44. The molecule has 2 aromatic carbocycles. The largest absolute Gasteiger partial charge is 0.453 e. The number of hydrogen-bond acceptors (Lipinski definition) is 5. The minimum atomic E-state index is -4.61. The molecule has 0 saturated carbocycles. The standard InChI is InChI=1S/C21H22F3N4.H2OS/c1-13(2)16-11-14(3)17(15-9-7-6-8-10-15)12-18(16)28-20(27(4)5)25-19(26-28)21(22,23)24;1-2/h7-13H,1-5H3;1-2H. The van der Waals surface area contributed by atoms with Crippen LogP contribution in [0.4, 0.5) is 19.1 Å². The number of benzene rings is 2. The van der Waals surface area contributed by atoms with Crippen LogP contribution in [0.25, 0.3) is 16.8 Å². The first-order valence-corrected chi connectivity index (χ1v) is 9.52. The molecule has 0 aliphatic carbocycles. The van der Waals surface area contributed by atoms with Crippen LogP contribution in [0.2, 0.25) is 0 Å². The molecule has 0 bridgehead atoms. The number of rotatable bonds is 4. The van der Waals surface area contributed by atoms with E-state index in [1.807, 2.05) is 57.2 Å². The number of aryl methyl sites for hydroxylation is 1. The van der Waals surface area contributed by atoms with Gasteiger partial charge in [-0.3, -0.25) is 0 Å². The summed E-state index contributed by atoms with van der Waals surface area (Å²) in [6, 6.07) is 14.4. The Morgan fingerprint density at radius 1 is 1.13 bits per heavy atom. The molecule has 0 atom stereocenters. The van der Waals surface area contributed by atoms with Gasteiger partial charge in [-0.1, -0.05) is 44.2 Å². The second-order valence-electron chi connectivity index (χ2n) is 7.21. The monoisotopic (exact) mass is 437 g/mol. The Morgan fingerprint density at radius 3 is 2.23 bits per heavy atom. The van der Waals surface area contributed by atoms with Crippen molar-refractivity contribution in [2.75, 3.05) is 19.0 Å². The maximum Gasteiger partial charge on any atom is 0.453 e. The average molecular weight is 438 g/mol. The number of nitrogens with zero attached hydrogens (tertiary/aromatic N) is 4. The predicted molar refractivity (Wildman–Crippen MR) is 115 cm³/mol. The van der Waals surface area contributed by atoms with Crippen molar-refractivity contribution in [1.82, 2.24) is 14.8 Å². The Morgan fingerprint density at radius 2 is 1.73 bits per heavy atom. The molecule has 3 aromatic rings. The summed E-state index contributed by atoms with van der Waals surface area (Å²) in [5.74, 6) is -0.923. The fraction of sp³-hybridized carbons (Fsp3) is 0.333. The van der Waals surface area contributed by atoms with Crippen LogP contribution in [0.1, 0.15) is 36.7 Å². The quantitative estimate of drug-likeness (QED) is 0.410. The molecular weight excluding hydrogens is 413 g/mol. The maximum absolute atomic E-state index is 13.3. The van der Waals surface area contributed by atoms with Gasteiger partial charge in [0.1, 0.15) is 0 Å². The second-order valence-corrected chi connectivity index (χ2v) is 7.21. The number of hydrogen-bond donors (Lipinski definition) is 2. The molecule has 0 aliphatic rings. The van der Waals surface area contributed by atoms with E-state index in [9.17, 15) is 13.2 Å². The first kappa shape index (κ1) is 23.8. The van der Waals surface area contributed by atoms with Gasteiger partial charge >= 0.3 is 6.18 Å². The molecule has 1 radical (unpaired) electrons. The molecule has 0 aliphatic heterocycles. The second kappa shape index (κ2) is 9.53. The topological polar surface area (TPSA) is 54.2 Å². The third kappa shape index (κ3) is 4.96. The molecule has 0 fully saturated rings. The summed E-state index contributed by atoms with van der Waals surface area (Å²) in [4.78, 5) is 5.26. The highest BCUT2D eigenvalue weighted by Gasteiger charge is 2.38. The highest BCUT2D eigenvalue weighted by atomic mass is 32.1. The van der Waals surface area contributed by atoms with Crippen molar-refractivity contribution in [3.05, 3.63) is 59.4 Å². The lowest BCUT2D eigenvalue weighted by Crippen LogP contribution is -2.16. The molecule has 0 saturated heterocycles. The van der Waals surface area contributed by atoms with Gasteiger partial charge in [0.25, 0.3) is 5.82 Å². The lowest BCUT2D eigenvalue weighted by molar-refractivity contribution is -0.144. The highest BCUT2D eigenvalue weighted by Crippen LogP contribution is 2.35. The first-order chi connectivity index (χ1) is 14.1. The Kier molecular flexibility index (Phi) is 7.54. The van der Waals surface area contributed by atoms with Crippen LogP contribution in [0, 0.1) is 13.0 Å². The number of halogens is 3. The van der Waals surface area contributed by atoms with Crippen molar-refractivity contribution in [1.29, 1.82) is 0 Å². The van der Waals surface area contributed by atoms with Gasteiger partial charge in [-0.25, -0.2) is 0 Å². The summed E-state index contributed by atoms with van der Waals surface area (Å²) in [6.45, 7) is 6.01. The summed E-state index contributed by atoms with van der Waals surface area (Å²) >= 11 is 2.53. The molecule has 9 heteroatoms. The predicted octanol–water partition coefficient (Wildman–Crippen LogP) is 5.64. The molecule has 1 aromatic heterocycles. The third-order valence-corrected chi connectivity index (χ3v) is 4.50. The fourth-order valence-corrected chi connectivity index (χ4v) is 3.12. The highest BCUT2D eigenvalue weighted by molar-refractivity contribution is 7.74. The van der Waals surface area contributed by atoms with E-state index in [2.05, 4.69) is 29.1 Å². The van der Waals surface area contributed by atoms with Gasteiger partial charge in [0, 0.05) is 14.1 Å². The molecule has 161 valence electrons. The van der Waals surface area contributed by atoms with E-state index in [0.717, 1.165) is 22.3 Å². The Labute approximate surface area is 179 Å². The molecule has 0 spiro atoms. The molecule has 0 amide bonds. The van der Waals surface area contributed by atoms with E-state index < -0.39 is 12.0 Å². The molecule has 1 N–H and O–H groups in total. The van der Waals surface area contributed by atoms with Crippen LogP contribution in [0.5, 0.6) is 0 Å². The summed E-state index contributed by atoms with van der Waals surface area (Å²) in [5, 5.41) is 3.81. The van der Waals surface area contributed by atoms with E-state index in [-0.39, 0.29) is 11.9 Å². The SMILES string of the molecule is Cc1cc(C(C)C)c(-n2nc(C(F)(F)F)nc2N(C)C)cc1-c1cc[c]cc1.OS. The van der Waals surface area contributed by atoms with Gasteiger partial charge in [0.2, 0.25) is 5.95 Å². The van der Waals surface area contributed by atoms with E-state index >= 15 is 0 Å². The zero-order valence-electron chi connectivity index (χ0n) is 17.4. The van der Waals surface area contributed by atoms with Gasteiger partial charge in [0.15, 0.2) is 0 Å². The van der Waals surface area contributed by atoms with E-state index in [0.29, 0.717) is 5.69 Å². The fourth-order valence-electron chi connectivity index (χ4n) is 3.12. The van der Waals surface area contributed by atoms with Crippen molar-refractivity contribution in [3.63, 3.8) is 0 Å². The summed E-state index contributed by atoms with van der Waals surface area (Å²) < 4.78 is 47.8. The zero-order valence-corrected chi connectivity index (χ0v) is 18.3. The van der Waals surface area contributed by atoms with Crippen LogP contribution in [-0.2, 0) is 6.18 Å². The van der Waals surface area contributed by atoms with Gasteiger partial charge < -0.3 is 9.45 Å². The van der Waals surface area contributed by atoms with Crippen LogP contribution in [0.3, 0.4) is 0 Å². The molecule has 3 rings (SSSR count). The zero-order chi connectivity index (χ0) is 22.6. The number of thiol groups is 1. The van der Waals surface area contributed by atoms with Crippen LogP contribution >= 0.6 is 12.9 Å². The number of aromatic nitrogens is 3. The normalized spacial score (nSPS) is 11.3. The van der Waals surface area contributed by atoms with Crippen molar-refractivity contribution in [2.45, 2.75) is 32.9 Å². The van der Waals surface area contributed by atoms with Crippen molar-refractivity contribution < 1.29 is 17.7 Å². The maximum atomic E-state index is 13.3. The lowest BCUT2D eigenvalue weighted by atomic mass is 9.92. The van der Waals surface area contributed by atoms with E-state index in [1.165, 1.54) is 9.58 Å². The van der Waals surface area contributed by atoms with Gasteiger partial charge in [-0.15, -0.1) is 5.10 Å². The third-order valence-electron chi connectivity index (χ3n) is 4.50. The first-order valence-electron chi connectivity index (χ1n) is 9.12. The minimum Gasteiger partial charge on any atom is -0.347 e. The van der Waals surface area contributed by atoms with Gasteiger partial charge in [0.05, 0.1) is 5.69 Å². The molecule has 0 unspecified atom stereocenters. The van der Waals surface area contributed by atoms with Crippen molar-refractivity contribution in [3.8, 4) is 16.8 Å².